The van der Waals surface area contributed by atoms with Gasteiger partial charge in [-0.25, -0.2) is 0 Å². The number of methoxy groups -OCH3 is 1. The molecule has 1 heterocycles. The number of nitrogens with one attached hydrogen (secondary N) is 2. The number of halogens is 1. The minimum atomic E-state index is 0. The Labute approximate surface area is 209 Å². The Bertz CT molecular complexity index is 819. The van der Waals surface area contributed by atoms with Gasteiger partial charge in [-0.2, -0.15) is 0 Å². The average Bonchev–Trinajstić information content (AvgIpc) is 2.80. The zero-order chi connectivity index (χ0) is 21.9. The number of ether oxygens (including phenoxy) is 2. The number of benzene rings is 2. The molecule has 0 aliphatic carbocycles. The lowest BCUT2D eigenvalue weighted by atomic mass is 9.97. The monoisotopic (exact) mass is 552 g/mol. The second-order valence-corrected chi connectivity index (χ2v) is 8.07. The Morgan fingerprint density at radius 3 is 2.62 bits per heavy atom. The molecule has 0 amide bonds. The summed E-state index contributed by atoms with van der Waals surface area (Å²) in [5, 5.41) is 6.95. The van der Waals surface area contributed by atoms with Crippen molar-refractivity contribution in [1.29, 1.82) is 0 Å². The van der Waals surface area contributed by atoms with Crippen molar-refractivity contribution in [2.75, 3.05) is 33.9 Å². The van der Waals surface area contributed by atoms with Gasteiger partial charge in [0.25, 0.3) is 0 Å². The summed E-state index contributed by atoms with van der Waals surface area (Å²) in [6.45, 7) is 6.33. The van der Waals surface area contributed by atoms with Gasteiger partial charge in [0.15, 0.2) is 5.96 Å². The molecule has 0 aromatic heterocycles. The molecule has 0 radical (unpaired) electrons. The van der Waals surface area contributed by atoms with E-state index in [0.29, 0.717) is 31.8 Å². The number of rotatable bonds is 9. The predicted molar refractivity (Wildman–Crippen MR) is 142 cm³/mol. The summed E-state index contributed by atoms with van der Waals surface area (Å²) in [4.78, 5) is 6.95. The second-order valence-electron chi connectivity index (χ2n) is 8.07. The molecular weight excluding hydrogens is 515 g/mol. The second kappa shape index (κ2) is 14.3. The van der Waals surface area contributed by atoms with Crippen LogP contribution in [-0.2, 0) is 17.9 Å². The van der Waals surface area contributed by atoms with E-state index >= 15 is 0 Å². The summed E-state index contributed by atoms with van der Waals surface area (Å²) >= 11 is 0. The summed E-state index contributed by atoms with van der Waals surface area (Å²) < 4.78 is 11.0. The van der Waals surface area contributed by atoms with Crippen molar-refractivity contribution in [3.05, 3.63) is 65.7 Å². The van der Waals surface area contributed by atoms with Gasteiger partial charge >= 0.3 is 0 Å². The van der Waals surface area contributed by atoms with E-state index in [1.165, 1.54) is 5.56 Å². The van der Waals surface area contributed by atoms with Gasteiger partial charge in [-0.15, -0.1) is 24.0 Å². The smallest absolute Gasteiger partial charge is 0.191 e. The van der Waals surface area contributed by atoms with Gasteiger partial charge < -0.3 is 20.1 Å². The van der Waals surface area contributed by atoms with Crippen LogP contribution < -0.4 is 15.4 Å². The highest BCUT2D eigenvalue weighted by atomic mass is 127. The topological polar surface area (TPSA) is 58.1 Å². The molecule has 0 spiro atoms. The molecule has 3 rings (SSSR count). The lowest BCUT2D eigenvalue weighted by Crippen LogP contribution is -2.51. The number of nitrogens with zero attached hydrogens (tertiary/aromatic N) is 2. The van der Waals surface area contributed by atoms with Crippen molar-refractivity contribution in [2.24, 2.45) is 4.99 Å². The maximum Gasteiger partial charge on any atom is 0.191 e. The Morgan fingerprint density at radius 1 is 1.12 bits per heavy atom. The number of likely N-dealkylation sites (tertiary alicyclic amines) is 1. The van der Waals surface area contributed by atoms with E-state index in [-0.39, 0.29) is 24.0 Å². The maximum absolute atomic E-state index is 5.78. The third kappa shape index (κ3) is 8.60. The van der Waals surface area contributed by atoms with Gasteiger partial charge in [0.05, 0.1) is 20.3 Å². The normalized spacial score (nSPS) is 19.2. The van der Waals surface area contributed by atoms with Crippen LogP contribution in [0.3, 0.4) is 0 Å². The number of piperidine rings is 1. The van der Waals surface area contributed by atoms with E-state index in [1.807, 2.05) is 31.3 Å². The molecule has 2 N–H and O–H groups in total. The van der Waals surface area contributed by atoms with Gasteiger partial charge in [0, 0.05) is 38.8 Å². The molecule has 2 unspecified atom stereocenters. The first-order chi connectivity index (χ1) is 15.2. The average molecular weight is 553 g/mol. The van der Waals surface area contributed by atoms with Crippen LogP contribution in [0.4, 0.5) is 0 Å². The summed E-state index contributed by atoms with van der Waals surface area (Å²) in [6.07, 6.45) is 2.23. The molecule has 2 aromatic carbocycles. The summed E-state index contributed by atoms with van der Waals surface area (Å²) in [7, 11) is 3.50. The molecule has 2 aromatic rings. The lowest BCUT2D eigenvalue weighted by Gasteiger charge is -2.38. The summed E-state index contributed by atoms with van der Waals surface area (Å²) in [5.41, 5.74) is 2.49. The molecule has 1 aliphatic rings. The highest BCUT2D eigenvalue weighted by Crippen LogP contribution is 2.20. The van der Waals surface area contributed by atoms with Crippen molar-refractivity contribution < 1.29 is 9.47 Å². The molecule has 2 atom stereocenters. The van der Waals surface area contributed by atoms with E-state index in [2.05, 4.69) is 57.8 Å². The highest BCUT2D eigenvalue weighted by Gasteiger charge is 2.25. The third-order valence-electron chi connectivity index (χ3n) is 5.75. The van der Waals surface area contributed by atoms with Crippen LogP contribution in [0.5, 0.6) is 5.75 Å². The fraction of sp³-hybridized carbons (Fsp3) is 0.480. The molecule has 0 saturated carbocycles. The van der Waals surface area contributed by atoms with E-state index < -0.39 is 0 Å². The van der Waals surface area contributed by atoms with E-state index in [1.54, 1.807) is 7.11 Å². The molecule has 7 heteroatoms. The molecule has 1 aliphatic heterocycles. The van der Waals surface area contributed by atoms with Crippen LogP contribution in [-0.4, -0.2) is 56.8 Å². The van der Waals surface area contributed by atoms with Crippen molar-refractivity contribution in [3.8, 4) is 5.75 Å². The molecule has 1 saturated heterocycles. The first-order valence-corrected chi connectivity index (χ1v) is 11.1. The minimum absolute atomic E-state index is 0. The Balaban J connectivity index is 0.00000363. The van der Waals surface area contributed by atoms with Gasteiger partial charge in [-0.05, 0) is 43.0 Å². The molecule has 6 nitrogen and oxygen atoms in total. The van der Waals surface area contributed by atoms with Gasteiger partial charge in [-0.1, -0.05) is 42.5 Å². The van der Waals surface area contributed by atoms with Crippen LogP contribution in [0.15, 0.2) is 59.6 Å². The third-order valence-corrected chi connectivity index (χ3v) is 5.75. The number of hydrogen-bond acceptors (Lipinski definition) is 4. The molecule has 1 fully saturated rings. The van der Waals surface area contributed by atoms with E-state index in [4.69, 9.17) is 9.47 Å². The Morgan fingerprint density at radius 2 is 1.91 bits per heavy atom. The highest BCUT2D eigenvalue weighted by molar-refractivity contribution is 14.0. The summed E-state index contributed by atoms with van der Waals surface area (Å²) in [5.74, 6) is 1.70. The van der Waals surface area contributed by atoms with Crippen molar-refractivity contribution in [2.45, 2.75) is 45.0 Å². The molecular formula is C25H37IN4O2. The van der Waals surface area contributed by atoms with Crippen LogP contribution >= 0.6 is 24.0 Å². The molecule has 176 valence electrons. The SMILES string of the molecule is CN=C(NCCOCc1cccc(OC)c1)NC1CCN(Cc2ccccc2)C(C)C1.I. The Hall–Kier alpha value is -1.84. The van der Waals surface area contributed by atoms with Crippen molar-refractivity contribution in [3.63, 3.8) is 0 Å². The molecule has 0 bridgehead atoms. The standard InChI is InChI=1S/C25H36N4O2.HI/c1-20-16-23(12-14-29(20)18-21-8-5-4-6-9-21)28-25(26-2)27-13-15-31-19-22-10-7-11-24(17-22)30-3;/h4-11,17,20,23H,12-16,18-19H2,1-3H3,(H2,26,27,28);1H. The van der Waals surface area contributed by atoms with Crippen LogP contribution in [0, 0.1) is 0 Å². The minimum Gasteiger partial charge on any atom is -0.497 e. The summed E-state index contributed by atoms with van der Waals surface area (Å²) in [6, 6.07) is 19.7. The number of guanidine groups is 1. The zero-order valence-electron chi connectivity index (χ0n) is 19.4. The Kier molecular flexibility index (Phi) is 11.8. The van der Waals surface area contributed by atoms with Crippen molar-refractivity contribution in [1.82, 2.24) is 15.5 Å². The van der Waals surface area contributed by atoms with Gasteiger partial charge in [0.2, 0.25) is 0 Å². The van der Waals surface area contributed by atoms with Crippen LogP contribution in [0.2, 0.25) is 0 Å². The van der Waals surface area contributed by atoms with Crippen molar-refractivity contribution >= 4 is 29.9 Å². The van der Waals surface area contributed by atoms with E-state index in [0.717, 1.165) is 43.2 Å². The first kappa shape index (κ1) is 26.4. The predicted octanol–water partition coefficient (Wildman–Crippen LogP) is 4.05. The zero-order valence-corrected chi connectivity index (χ0v) is 21.8. The van der Waals surface area contributed by atoms with Crippen LogP contribution in [0.1, 0.15) is 30.9 Å². The van der Waals surface area contributed by atoms with Gasteiger partial charge in [0.1, 0.15) is 5.75 Å². The largest absolute Gasteiger partial charge is 0.497 e. The lowest BCUT2D eigenvalue weighted by molar-refractivity contribution is 0.124. The van der Waals surface area contributed by atoms with E-state index in [9.17, 15) is 0 Å². The quantitative estimate of drug-likeness (QED) is 0.213. The number of aliphatic imine (C=N–C) groups is 1. The maximum atomic E-state index is 5.78. The number of hydrogen-bond donors (Lipinski definition) is 2. The fourth-order valence-corrected chi connectivity index (χ4v) is 3.99. The molecule has 32 heavy (non-hydrogen) atoms. The fourth-order valence-electron chi connectivity index (χ4n) is 3.99. The first-order valence-electron chi connectivity index (χ1n) is 11.1. The van der Waals surface area contributed by atoms with Gasteiger partial charge in [-0.3, -0.25) is 9.89 Å². The van der Waals surface area contributed by atoms with Crippen LogP contribution in [0.25, 0.3) is 0 Å².